The van der Waals surface area contributed by atoms with Gasteiger partial charge in [0.2, 0.25) is 0 Å². The molecule has 3 nitrogen and oxygen atoms in total. The highest BCUT2D eigenvalue weighted by molar-refractivity contribution is 5.31. The Morgan fingerprint density at radius 2 is 2.00 bits per heavy atom. The molecule has 0 spiro atoms. The van der Waals surface area contributed by atoms with Crippen molar-refractivity contribution in [1.29, 1.82) is 0 Å². The summed E-state index contributed by atoms with van der Waals surface area (Å²) in [4.78, 5) is 3.00. The Balaban J connectivity index is 1.86. The Bertz CT molecular complexity index is 409. The van der Waals surface area contributed by atoms with E-state index in [1.165, 1.54) is 5.56 Å². The largest absolute Gasteiger partial charge is 0.508 e. The lowest BCUT2D eigenvalue weighted by atomic mass is 10.2. The molecule has 0 fully saturated rings. The molecule has 0 unspecified atom stereocenters. The predicted octanol–water partition coefficient (Wildman–Crippen LogP) is 2.01. The summed E-state index contributed by atoms with van der Waals surface area (Å²) in [5.41, 5.74) is 2.14. The van der Waals surface area contributed by atoms with Gasteiger partial charge in [0.25, 0.3) is 0 Å². The van der Waals surface area contributed by atoms with E-state index in [0.29, 0.717) is 12.3 Å². The third-order valence-electron chi connectivity index (χ3n) is 2.30. The van der Waals surface area contributed by atoms with Gasteiger partial charge in [-0.2, -0.15) is 0 Å². The van der Waals surface area contributed by atoms with Crippen LogP contribution in [0.15, 0.2) is 42.7 Å². The van der Waals surface area contributed by atoms with Gasteiger partial charge in [0.05, 0.1) is 0 Å². The minimum Gasteiger partial charge on any atom is -0.508 e. The van der Waals surface area contributed by atoms with E-state index in [1.807, 2.05) is 36.7 Å². The second-order valence-electron chi connectivity index (χ2n) is 3.45. The number of rotatable bonds is 4. The number of H-pyrrole nitrogens is 1. The Labute approximate surface area is 88.8 Å². The fraction of sp³-hybridized carbons (Fsp3) is 0.167. The third-order valence-corrected chi connectivity index (χ3v) is 2.30. The van der Waals surface area contributed by atoms with E-state index in [4.69, 9.17) is 0 Å². The van der Waals surface area contributed by atoms with Crippen LogP contribution in [-0.2, 0) is 13.1 Å². The average molecular weight is 202 g/mol. The maximum absolute atomic E-state index is 9.52. The molecule has 0 aliphatic carbocycles. The van der Waals surface area contributed by atoms with E-state index in [-0.39, 0.29) is 0 Å². The minimum absolute atomic E-state index is 0.346. The van der Waals surface area contributed by atoms with Gasteiger partial charge in [-0.3, -0.25) is 0 Å². The van der Waals surface area contributed by atoms with Gasteiger partial charge >= 0.3 is 0 Å². The molecular formula is C12H14N2O. The quantitative estimate of drug-likeness (QED) is 0.710. The van der Waals surface area contributed by atoms with Gasteiger partial charge in [0.15, 0.2) is 0 Å². The summed E-state index contributed by atoms with van der Waals surface area (Å²) in [5.74, 6) is 0.346. The van der Waals surface area contributed by atoms with E-state index < -0.39 is 0 Å². The molecule has 0 atom stereocenters. The van der Waals surface area contributed by atoms with Gasteiger partial charge in [-0.1, -0.05) is 18.2 Å². The summed E-state index contributed by atoms with van der Waals surface area (Å²) < 4.78 is 0. The van der Waals surface area contributed by atoms with Crippen LogP contribution in [0, 0.1) is 0 Å². The molecule has 3 heteroatoms. The zero-order chi connectivity index (χ0) is 10.5. The van der Waals surface area contributed by atoms with E-state index in [2.05, 4.69) is 10.3 Å². The second-order valence-corrected chi connectivity index (χ2v) is 3.45. The van der Waals surface area contributed by atoms with Gasteiger partial charge in [-0.15, -0.1) is 0 Å². The van der Waals surface area contributed by atoms with Crippen LogP contribution < -0.4 is 5.32 Å². The molecule has 1 aromatic heterocycles. The molecule has 0 amide bonds. The van der Waals surface area contributed by atoms with Crippen LogP contribution in [-0.4, -0.2) is 10.1 Å². The fourth-order valence-corrected chi connectivity index (χ4v) is 1.47. The van der Waals surface area contributed by atoms with Crippen LogP contribution in [0.1, 0.15) is 11.1 Å². The van der Waals surface area contributed by atoms with Crippen LogP contribution in [0.25, 0.3) is 0 Å². The number of phenolic OH excluding ortho intramolecular Hbond substituents is 1. The van der Waals surface area contributed by atoms with Gasteiger partial charge in [0.1, 0.15) is 5.75 Å². The molecule has 1 heterocycles. The molecular weight excluding hydrogens is 188 g/mol. The summed E-state index contributed by atoms with van der Waals surface area (Å²) in [7, 11) is 0. The summed E-state index contributed by atoms with van der Waals surface area (Å²) in [6, 6.07) is 9.39. The molecule has 15 heavy (non-hydrogen) atoms. The highest BCUT2D eigenvalue weighted by Crippen LogP contribution is 2.14. The van der Waals surface area contributed by atoms with Gasteiger partial charge < -0.3 is 15.4 Å². The van der Waals surface area contributed by atoms with Crippen LogP contribution in [0.2, 0.25) is 0 Å². The zero-order valence-corrected chi connectivity index (χ0v) is 8.40. The molecule has 0 radical (unpaired) electrons. The zero-order valence-electron chi connectivity index (χ0n) is 8.40. The van der Waals surface area contributed by atoms with Crippen molar-refractivity contribution in [2.24, 2.45) is 0 Å². The number of phenols is 1. The normalized spacial score (nSPS) is 10.4. The Kier molecular flexibility index (Phi) is 3.05. The maximum Gasteiger partial charge on any atom is 0.120 e. The Morgan fingerprint density at radius 1 is 1.13 bits per heavy atom. The first-order chi connectivity index (χ1) is 7.36. The van der Waals surface area contributed by atoms with Crippen molar-refractivity contribution in [3.63, 3.8) is 0 Å². The van der Waals surface area contributed by atoms with Crippen molar-refractivity contribution in [3.05, 3.63) is 53.9 Å². The van der Waals surface area contributed by atoms with Gasteiger partial charge in [0, 0.05) is 31.0 Å². The summed E-state index contributed by atoms with van der Waals surface area (Å²) in [5, 5.41) is 12.8. The number of para-hydroxylation sites is 1. The monoisotopic (exact) mass is 202 g/mol. The van der Waals surface area contributed by atoms with Crippen molar-refractivity contribution in [1.82, 2.24) is 10.3 Å². The van der Waals surface area contributed by atoms with E-state index in [1.54, 1.807) is 6.07 Å². The molecule has 0 saturated heterocycles. The third kappa shape index (κ3) is 2.60. The van der Waals surface area contributed by atoms with Crippen molar-refractivity contribution >= 4 is 0 Å². The van der Waals surface area contributed by atoms with Crippen LogP contribution >= 0.6 is 0 Å². The molecule has 3 N–H and O–H groups in total. The molecule has 78 valence electrons. The van der Waals surface area contributed by atoms with Crippen molar-refractivity contribution < 1.29 is 5.11 Å². The standard InChI is InChI=1S/C12H14N2O/c15-12-4-2-1-3-11(12)9-14-8-10-5-6-13-7-10/h1-7,13-15H,8-9H2. The van der Waals surface area contributed by atoms with Crippen molar-refractivity contribution in [2.45, 2.75) is 13.1 Å². The first-order valence-corrected chi connectivity index (χ1v) is 4.95. The summed E-state index contributed by atoms with van der Waals surface area (Å²) >= 11 is 0. The van der Waals surface area contributed by atoms with E-state index in [9.17, 15) is 5.11 Å². The smallest absolute Gasteiger partial charge is 0.120 e. The molecule has 0 aliphatic rings. The first-order valence-electron chi connectivity index (χ1n) is 4.95. The van der Waals surface area contributed by atoms with Crippen LogP contribution in [0.5, 0.6) is 5.75 Å². The molecule has 0 aliphatic heterocycles. The number of aromatic amines is 1. The SMILES string of the molecule is Oc1ccccc1CNCc1cc[nH]c1. The van der Waals surface area contributed by atoms with Gasteiger partial charge in [-0.25, -0.2) is 0 Å². The second kappa shape index (κ2) is 4.66. The summed E-state index contributed by atoms with van der Waals surface area (Å²) in [6.07, 6.45) is 3.86. The fourth-order valence-electron chi connectivity index (χ4n) is 1.47. The first kappa shape index (κ1) is 9.80. The lowest BCUT2D eigenvalue weighted by molar-refractivity contribution is 0.464. The molecule has 0 saturated carbocycles. The minimum atomic E-state index is 0.346. The summed E-state index contributed by atoms with van der Waals surface area (Å²) in [6.45, 7) is 1.48. The lowest BCUT2D eigenvalue weighted by Crippen LogP contribution is -2.12. The van der Waals surface area contributed by atoms with Crippen LogP contribution in [0.3, 0.4) is 0 Å². The number of hydrogen-bond donors (Lipinski definition) is 3. The highest BCUT2D eigenvalue weighted by Gasteiger charge is 1.98. The Morgan fingerprint density at radius 3 is 2.73 bits per heavy atom. The molecule has 2 rings (SSSR count). The molecule has 1 aromatic carbocycles. The highest BCUT2D eigenvalue weighted by atomic mass is 16.3. The topological polar surface area (TPSA) is 48.0 Å². The Hall–Kier alpha value is -1.74. The predicted molar refractivity (Wildman–Crippen MR) is 59.4 cm³/mol. The number of aromatic nitrogens is 1. The van der Waals surface area contributed by atoms with E-state index >= 15 is 0 Å². The number of aromatic hydroxyl groups is 1. The molecule has 2 aromatic rings. The number of nitrogens with one attached hydrogen (secondary N) is 2. The number of benzene rings is 1. The van der Waals surface area contributed by atoms with E-state index in [0.717, 1.165) is 12.1 Å². The molecule has 0 bridgehead atoms. The van der Waals surface area contributed by atoms with Gasteiger partial charge in [-0.05, 0) is 17.7 Å². The van der Waals surface area contributed by atoms with Crippen molar-refractivity contribution in [2.75, 3.05) is 0 Å². The maximum atomic E-state index is 9.52. The van der Waals surface area contributed by atoms with Crippen LogP contribution in [0.4, 0.5) is 0 Å². The van der Waals surface area contributed by atoms with Crippen molar-refractivity contribution in [3.8, 4) is 5.75 Å². The number of hydrogen-bond acceptors (Lipinski definition) is 2. The lowest BCUT2D eigenvalue weighted by Gasteiger charge is -2.05. The average Bonchev–Trinajstić information content (AvgIpc) is 2.74.